The molecule has 16 nitrogen and oxygen atoms in total. The van der Waals surface area contributed by atoms with Crippen LogP contribution in [0, 0.1) is 20.5 Å². The predicted octanol–water partition coefficient (Wildman–Crippen LogP) is -0.741. The average molecular weight is 1200 g/mol. The van der Waals surface area contributed by atoms with Crippen LogP contribution in [0.2, 0.25) is 0 Å². The van der Waals surface area contributed by atoms with Gasteiger partial charge >= 0.3 is 55.3 Å². The number of thiophene rings is 2. The Bertz CT molecular complexity index is 2520. The fraction of sp³-hybridized carbons (Fsp3) is 0. The Morgan fingerprint density at radius 3 is 1.02 bits per heavy atom. The van der Waals surface area contributed by atoms with E-state index < -0.39 is 20.5 Å². The number of hydrogen-bond donors (Lipinski definition) is 2. The van der Waals surface area contributed by atoms with E-state index in [9.17, 15) is 0 Å². The third-order valence-electron chi connectivity index (χ3n) is 7.65. The van der Waals surface area contributed by atoms with Gasteiger partial charge in [-0.05, 0) is 71.4 Å². The van der Waals surface area contributed by atoms with Crippen LogP contribution >= 0.6 is 22.7 Å². The van der Waals surface area contributed by atoms with Crippen molar-refractivity contribution in [2.45, 2.75) is 0 Å². The quantitative estimate of drug-likeness (QED) is 0.159. The number of imidazole rings is 2. The maximum atomic E-state index is 8.49. The Morgan fingerprint density at radius 1 is 0.411 bits per heavy atom. The zero-order valence-electron chi connectivity index (χ0n) is 28.3. The number of nitrogens with zero attached hydrogens (tertiary/aromatic N) is 6. The molecule has 0 unspecified atom stereocenters. The molecule has 8 aromatic heterocycles. The minimum absolute atomic E-state index is 0. The molecule has 0 aliphatic rings. The van der Waals surface area contributed by atoms with Crippen molar-refractivity contribution in [1.82, 2.24) is 39.9 Å². The van der Waals surface area contributed by atoms with Crippen LogP contribution in [0.15, 0.2) is 108 Å². The maximum absolute atomic E-state index is 8.49. The standard InChI is InChI=1S/2C17H10N4S.2ClHO4.2Hg/c2*1-4-10-13(18-7-1)14-11(5-2-8-19-14)16-15(10)20-17(21-16)12-6-3-9-22-12;2*2-1(3,4)5;;/h2*1-9H,(H,20,21);2*(H,2,3,4,5);;/q;;;;2*+1/p-2. The Kier molecular flexibility index (Phi) is 14.4. The summed E-state index contributed by atoms with van der Waals surface area (Å²) < 4.78 is 67.9. The van der Waals surface area contributed by atoms with Crippen molar-refractivity contribution in [3.63, 3.8) is 0 Å². The molecule has 10 rings (SSSR count). The second-order valence-corrected chi connectivity index (χ2v) is 14.3. The number of benzene rings is 2. The molecular formula is C34H20Cl2Hg2N8O8S2. The van der Waals surface area contributed by atoms with Crippen molar-refractivity contribution in [2.24, 2.45) is 0 Å². The summed E-state index contributed by atoms with van der Waals surface area (Å²) >= 11 is 3.35. The number of H-pyrrole nitrogens is 2. The molecule has 8 heterocycles. The number of hydrogen-bond acceptors (Lipinski definition) is 16. The summed E-state index contributed by atoms with van der Waals surface area (Å²) in [7, 11) is -9.89. The first-order valence-corrected chi connectivity index (χ1v) is 19.4. The van der Waals surface area contributed by atoms with Gasteiger partial charge in [0.1, 0.15) is 11.6 Å². The van der Waals surface area contributed by atoms with Gasteiger partial charge in [0.2, 0.25) is 0 Å². The fourth-order valence-corrected chi connectivity index (χ4v) is 7.09. The van der Waals surface area contributed by atoms with Crippen molar-refractivity contribution in [3.05, 3.63) is 108 Å². The zero-order chi connectivity index (χ0) is 38.0. The third-order valence-corrected chi connectivity index (χ3v) is 9.40. The van der Waals surface area contributed by atoms with E-state index in [-0.39, 0.29) is 55.3 Å². The van der Waals surface area contributed by atoms with Gasteiger partial charge in [0.15, 0.2) is 0 Å². The number of aromatic nitrogens is 8. The minimum Gasteiger partial charge on any atom is -0.337 e. The molecule has 0 atom stereocenters. The Balaban J connectivity index is 0.000000169. The molecule has 0 bridgehead atoms. The summed E-state index contributed by atoms with van der Waals surface area (Å²) in [4.78, 5) is 36.9. The maximum Gasteiger partial charge on any atom is 1.00 e. The van der Waals surface area contributed by atoms with Gasteiger partial charge in [-0.25, -0.2) is 47.2 Å². The van der Waals surface area contributed by atoms with Gasteiger partial charge in [0.25, 0.3) is 0 Å². The molecular weight excluding hydrogens is 1180 g/mol. The first-order chi connectivity index (χ1) is 25.8. The van der Waals surface area contributed by atoms with Gasteiger partial charge in [0, 0.05) is 46.3 Å². The van der Waals surface area contributed by atoms with Gasteiger partial charge in [-0.3, -0.25) is 19.9 Å². The van der Waals surface area contributed by atoms with E-state index in [1.165, 1.54) is 0 Å². The molecule has 0 aliphatic heterocycles. The molecule has 2 radical (unpaired) electrons. The second-order valence-electron chi connectivity index (χ2n) is 10.9. The molecule has 0 saturated heterocycles. The second kappa shape index (κ2) is 18.4. The van der Waals surface area contributed by atoms with E-state index in [4.69, 9.17) is 47.2 Å². The minimum atomic E-state index is -4.94. The van der Waals surface area contributed by atoms with E-state index in [1.807, 2.05) is 36.4 Å². The van der Waals surface area contributed by atoms with Gasteiger partial charge in [0.05, 0.1) is 53.9 Å². The summed E-state index contributed by atoms with van der Waals surface area (Å²) in [5, 5.41) is 8.28. The summed E-state index contributed by atoms with van der Waals surface area (Å²) in [6.07, 6.45) is 7.21. The van der Waals surface area contributed by atoms with Crippen LogP contribution in [0.1, 0.15) is 0 Å². The average Bonchev–Trinajstić information content (AvgIpc) is 3.98. The first kappa shape index (κ1) is 43.7. The molecule has 22 heteroatoms. The Morgan fingerprint density at radius 2 is 0.714 bits per heavy atom. The van der Waals surface area contributed by atoms with E-state index in [0.29, 0.717) is 0 Å². The Labute approximate surface area is 367 Å². The summed E-state index contributed by atoms with van der Waals surface area (Å²) in [5.74, 6) is 1.79. The van der Waals surface area contributed by atoms with E-state index in [1.54, 1.807) is 47.5 Å². The summed E-state index contributed by atoms with van der Waals surface area (Å²) in [5.41, 5.74) is 7.56. The van der Waals surface area contributed by atoms with Crippen LogP contribution in [0.5, 0.6) is 0 Å². The van der Waals surface area contributed by atoms with Crippen LogP contribution in [-0.2, 0) is 55.3 Å². The molecule has 0 fully saturated rings. The van der Waals surface area contributed by atoms with Gasteiger partial charge in [-0.1, -0.05) is 12.1 Å². The smallest absolute Gasteiger partial charge is 0.337 e. The fourth-order valence-electron chi connectivity index (χ4n) is 5.75. The normalized spacial score (nSPS) is 11.3. The molecule has 0 saturated carbocycles. The van der Waals surface area contributed by atoms with Crippen LogP contribution in [-0.4, -0.2) is 39.9 Å². The van der Waals surface area contributed by atoms with Crippen LogP contribution in [0.25, 0.3) is 87.1 Å². The van der Waals surface area contributed by atoms with Gasteiger partial charge in [-0.2, -0.15) is 0 Å². The molecule has 0 spiro atoms. The predicted molar refractivity (Wildman–Crippen MR) is 180 cm³/mol. The van der Waals surface area contributed by atoms with Gasteiger partial charge in [-0.15, -0.1) is 43.2 Å². The molecule has 0 aliphatic carbocycles. The SMILES string of the molecule is [Hg+].[Hg+].[O-][Cl+3]([O-])([O-])[O-].[O-][Cl+3]([O-])([O-])[O-].c1csc(-c2nc3c4cccnc4c4ncccc4c3[nH]2)c1.c1csc(-c2nc3c4cccnc4c4ncccc4c3[nH]2)c1. The molecule has 56 heavy (non-hydrogen) atoms. The molecule has 0 amide bonds. The molecule has 2 N–H and O–H groups in total. The number of fused-ring (bicyclic) bond motifs is 12. The van der Waals surface area contributed by atoms with Crippen molar-refractivity contribution in [2.75, 3.05) is 0 Å². The summed E-state index contributed by atoms with van der Waals surface area (Å²) in [6, 6.07) is 24.2. The summed E-state index contributed by atoms with van der Waals surface area (Å²) in [6.45, 7) is 0. The first-order valence-electron chi connectivity index (χ1n) is 15.2. The van der Waals surface area contributed by atoms with Crippen molar-refractivity contribution in [1.29, 1.82) is 0 Å². The number of aromatic amines is 2. The van der Waals surface area contributed by atoms with Crippen LogP contribution < -0.4 is 37.3 Å². The van der Waals surface area contributed by atoms with Crippen molar-refractivity contribution in [3.8, 4) is 21.4 Å². The third kappa shape index (κ3) is 10.2. The van der Waals surface area contributed by atoms with Crippen molar-refractivity contribution < 1.29 is 113 Å². The van der Waals surface area contributed by atoms with E-state index in [2.05, 4.69) is 77.1 Å². The van der Waals surface area contributed by atoms with E-state index in [0.717, 1.165) is 87.1 Å². The number of nitrogens with one attached hydrogen (secondary N) is 2. The largest absolute Gasteiger partial charge is 1.00 e. The number of halogens is 2. The van der Waals surface area contributed by atoms with Crippen LogP contribution in [0.4, 0.5) is 0 Å². The topological polar surface area (TPSA) is 293 Å². The molecule has 274 valence electrons. The van der Waals surface area contributed by atoms with Crippen LogP contribution in [0.3, 0.4) is 0 Å². The monoisotopic (exact) mass is 1210 g/mol. The van der Waals surface area contributed by atoms with Crippen molar-refractivity contribution >= 4 is 88.4 Å². The van der Waals surface area contributed by atoms with E-state index >= 15 is 0 Å². The van der Waals surface area contributed by atoms with Gasteiger partial charge < -0.3 is 9.97 Å². The molecule has 2 aromatic carbocycles. The molecule has 10 aromatic rings. The number of pyridine rings is 4. The Hall–Kier alpha value is -3.45. The number of rotatable bonds is 2. The zero-order valence-corrected chi connectivity index (χ0v) is 42.5.